The van der Waals surface area contributed by atoms with Crippen LogP contribution in [0, 0.1) is 11.3 Å². The SMILES string of the molecule is CCOC(=O)[C@@H]1CN(c2ccc(C#N)c(C(F)(F)F)c2)[C@H](C)O1. The van der Waals surface area contributed by atoms with Gasteiger partial charge in [-0.3, -0.25) is 0 Å². The molecule has 1 aliphatic rings. The molecule has 1 heterocycles. The zero-order valence-electron chi connectivity index (χ0n) is 12.6. The molecule has 23 heavy (non-hydrogen) atoms. The topological polar surface area (TPSA) is 62.6 Å². The fraction of sp³-hybridized carbons (Fsp3) is 0.467. The van der Waals surface area contributed by atoms with Crippen molar-refractivity contribution < 1.29 is 27.4 Å². The summed E-state index contributed by atoms with van der Waals surface area (Å²) in [5.41, 5.74) is -1.23. The van der Waals surface area contributed by atoms with Gasteiger partial charge in [-0.25, -0.2) is 4.79 Å². The van der Waals surface area contributed by atoms with Gasteiger partial charge in [0.1, 0.15) is 6.23 Å². The molecule has 0 aliphatic carbocycles. The molecular formula is C15H15F3N2O3. The molecule has 0 amide bonds. The molecule has 1 saturated heterocycles. The third-order valence-electron chi connectivity index (χ3n) is 3.47. The molecule has 0 spiro atoms. The van der Waals surface area contributed by atoms with Crippen LogP contribution in [-0.4, -0.2) is 31.5 Å². The molecule has 0 unspecified atom stereocenters. The lowest BCUT2D eigenvalue weighted by Crippen LogP contribution is -2.30. The first-order valence-corrected chi connectivity index (χ1v) is 6.98. The van der Waals surface area contributed by atoms with Crippen LogP contribution in [0.1, 0.15) is 25.0 Å². The number of carbonyl (C=O) groups excluding carboxylic acids is 1. The minimum atomic E-state index is -4.63. The van der Waals surface area contributed by atoms with Crippen LogP contribution in [0.2, 0.25) is 0 Å². The second-order valence-electron chi connectivity index (χ2n) is 4.97. The number of halogens is 3. The Morgan fingerprint density at radius 2 is 2.22 bits per heavy atom. The molecule has 124 valence electrons. The van der Waals surface area contributed by atoms with E-state index in [0.717, 1.165) is 12.1 Å². The molecule has 5 nitrogen and oxygen atoms in total. The van der Waals surface area contributed by atoms with Crippen LogP contribution in [0.5, 0.6) is 0 Å². The van der Waals surface area contributed by atoms with Crippen LogP contribution in [0.3, 0.4) is 0 Å². The van der Waals surface area contributed by atoms with Crippen molar-refractivity contribution in [3.63, 3.8) is 0 Å². The number of hydrogen-bond donors (Lipinski definition) is 0. The Labute approximate surface area is 131 Å². The predicted molar refractivity (Wildman–Crippen MR) is 74.5 cm³/mol. The van der Waals surface area contributed by atoms with Gasteiger partial charge in [0.2, 0.25) is 0 Å². The Morgan fingerprint density at radius 1 is 1.52 bits per heavy atom. The summed E-state index contributed by atoms with van der Waals surface area (Å²) >= 11 is 0. The van der Waals surface area contributed by atoms with E-state index < -0.39 is 35.6 Å². The fourth-order valence-corrected chi connectivity index (χ4v) is 2.40. The van der Waals surface area contributed by atoms with Crippen molar-refractivity contribution in [2.24, 2.45) is 0 Å². The predicted octanol–water partition coefficient (Wildman–Crippen LogP) is 2.69. The van der Waals surface area contributed by atoms with Crippen LogP contribution >= 0.6 is 0 Å². The second kappa shape index (κ2) is 6.46. The fourth-order valence-electron chi connectivity index (χ4n) is 2.40. The zero-order chi connectivity index (χ0) is 17.2. The van der Waals surface area contributed by atoms with Gasteiger partial charge in [-0.15, -0.1) is 0 Å². The van der Waals surface area contributed by atoms with Crippen LogP contribution in [0.25, 0.3) is 0 Å². The first-order chi connectivity index (χ1) is 10.8. The third kappa shape index (κ3) is 3.56. The van der Waals surface area contributed by atoms with Crippen LogP contribution in [-0.2, 0) is 20.4 Å². The van der Waals surface area contributed by atoms with Gasteiger partial charge in [0, 0.05) is 5.69 Å². The van der Waals surface area contributed by atoms with Gasteiger partial charge in [-0.05, 0) is 32.0 Å². The number of esters is 1. The number of rotatable bonds is 3. The minimum absolute atomic E-state index is 0.0865. The van der Waals surface area contributed by atoms with E-state index in [1.165, 1.54) is 17.0 Å². The van der Waals surface area contributed by atoms with E-state index in [2.05, 4.69) is 0 Å². The molecule has 0 bridgehead atoms. The lowest BCUT2D eigenvalue weighted by molar-refractivity contribution is -0.154. The van der Waals surface area contributed by atoms with Crippen molar-refractivity contribution in [1.82, 2.24) is 0 Å². The Morgan fingerprint density at radius 3 is 2.78 bits per heavy atom. The molecule has 2 atom stereocenters. The second-order valence-corrected chi connectivity index (χ2v) is 4.97. The highest BCUT2D eigenvalue weighted by molar-refractivity contribution is 5.76. The van der Waals surface area contributed by atoms with Crippen molar-refractivity contribution in [3.8, 4) is 6.07 Å². The first-order valence-electron chi connectivity index (χ1n) is 6.98. The summed E-state index contributed by atoms with van der Waals surface area (Å²) in [5.74, 6) is -0.550. The summed E-state index contributed by atoms with van der Waals surface area (Å²) in [5, 5.41) is 8.81. The maximum absolute atomic E-state index is 13.0. The number of carbonyl (C=O) groups is 1. The summed E-state index contributed by atoms with van der Waals surface area (Å²) in [6, 6.07) is 4.94. The van der Waals surface area contributed by atoms with E-state index in [1.54, 1.807) is 13.8 Å². The largest absolute Gasteiger partial charge is 0.464 e. The van der Waals surface area contributed by atoms with Crippen molar-refractivity contribution in [2.45, 2.75) is 32.4 Å². The molecule has 1 fully saturated rings. The van der Waals surface area contributed by atoms with Crippen molar-refractivity contribution >= 4 is 11.7 Å². The number of nitriles is 1. The van der Waals surface area contributed by atoms with Crippen molar-refractivity contribution in [3.05, 3.63) is 29.3 Å². The van der Waals surface area contributed by atoms with Gasteiger partial charge in [-0.2, -0.15) is 18.4 Å². The minimum Gasteiger partial charge on any atom is -0.464 e. The first kappa shape index (κ1) is 17.1. The van der Waals surface area contributed by atoms with E-state index in [-0.39, 0.29) is 18.8 Å². The third-order valence-corrected chi connectivity index (χ3v) is 3.47. The van der Waals surface area contributed by atoms with Crippen molar-refractivity contribution in [2.75, 3.05) is 18.1 Å². The van der Waals surface area contributed by atoms with Crippen LogP contribution in [0.4, 0.5) is 18.9 Å². The van der Waals surface area contributed by atoms with E-state index >= 15 is 0 Å². The molecule has 1 aromatic rings. The lowest BCUT2D eigenvalue weighted by atomic mass is 10.1. The molecule has 0 saturated carbocycles. The van der Waals surface area contributed by atoms with E-state index in [4.69, 9.17) is 14.7 Å². The van der Waals surface area contributed by atoms with Gasteiger partial charge >= 0.3 is 12.1 Å². The normalized spacial score (nSPS) is 21.1. The number of alkyl halides is 3. The number of benzene rings is 1. The van der Waals surface area contributed by atoms with Gasteiger partial charge in [0.15, 0.2) is 6.10 Å². The molecule has 0 radical (unpaired) electrons. The Bertz CT molecular complexity index is 640. The Kier molecular flexibility index (Phi) is 4.80. The maximum atomic E-state index is 13.0. The lowest BCUT2D eigenvalue weighted by Gasteiger charge is -2.23. The van der Waals surface area contributed by atoms with E-state index in [0.29, 0.717) is 0 Å². The van der Waals surface area contributed by atoms with Crippen molar-refractivity contribution in [1.29, 1.82) is 5.26 Å². The van der Waals surface area contributed by atoms with Crippen LogP contribution < -0.4 is 4.90 Å². The van der Waals surface area contributed by atoms with Gasteiger partial charge in [-0.1, -0.05) is 0 Å². The molecule has 2 rings (SSSR count). The van der Waals surface area contributed by atoms with Gasteiger partial charge in [0.25, 0.3) is 0 Å². The average molecular weight is 328 g/mol. The zero-order valence-corrected chi connectivity index (χ0v) is 12.6. The average Bonchev–Trinajstić information content (AvgIpc) is 2.88. The molecule has 0 aromatic heterocycles. The number of anilines is 1. The highest BCUT2D eigenvalue weighted by atomic mass is 19.4. The molecule has 8 heteroatoms. The van der Waals surface area contributed by atoms with Gasteiger partial charge < -0.3 is 14.4 Å². The summed E-state index contributed by atoms with van der Waals surface area (Å²) in [7, 11) is 0. The summed E-state index contributed by atoms with van der Waals surface area (Å²) < 4.78 is 49.4. The smallest absolute Gasteiger partial charge is 0.417 e. The summed E-state index contributed by atoms with van der Waals surface area (Å²) in [6.07, 6.45) is -6.07. The van der Waals surface area contributed by atoms with E-state index in [9.17, 15) is 18.0 Å². The molecule has 1 aromatic carbocycles. The molecule has 1 aliphatic heterocycles. The highest BCUT2D eigenvalue weighted by Crippen LogP contribution is 2.35. The molecule has 0 N–H and O–H groups in total. The standard InChI is InChI=1S/C15H15F3N2O3/c1-3-22-14(21)13-8-20(9(2)23-13)11-5-4-10(7-19)12(6-11)15(16,17)18/h4-6,9,13H,3,8H2,1-2H3/t9-,13-/m0/s1. The number of nitrogens with zero attached hydrogens (tertiary/aromatic N) is 2. The van der Waals surface area contributed by atoms with Gasteiger partial charge in [0.05, 0.1) is 30.3 Å². The highest BCUT2D eigenvalue weighted by Gasteiger charge is 2.38. The molecular weight excluding hydrogens is 313 g/mol. The number of ether oxygens (including phenoxy) is 2. The Balaban J connectivity index is 2.29. The number of hydrogen-bond acceptors (Lipinski definition) is 5. The summed E-state index contributed by atoms with van der Waals surface area (Å²) in [4.78, 5) is 13.2. The summed E-state index contributed by atoms with van der Waals surface area (Å²) in [6.45, 7) is 3.57. The maximum Gasteiger partial charge on any atom is 0.417 e. The monoisotopic (exact) mass is 328 g/mol. The van der Waals surface area contributed by atoms with Crippen LogP contribution in [0.15, 0.2) is 18.2 Å². The quantitative estimate of drug-likeness (QED) is 0.798. The van der Waals surface area contributed by atoms with E-state index in [1.807, 2.05) is 0 Å². The Hall–Kier alpha value is -2.27.